The molecule has 0 saturated carbocycles. The number of rotatable bonds is 3. The van der Waals surface area contributed by atoms with Gasteiger partial charge in [-0.05, 0) is 25.1 Å². The monoisotopic (exact) mass is 237 g/mol. The summed E-state index contributed by atoms with van der Waals surface area (Å²) >= 11 is 0. The number of hydrogen-bond donors (Lipinski definition) is 1. The molecule has 2 aromatic rings. The quantitative estimate of drug-likeness (QED) is 0.889. The van der Waals surface area contributed by atoms with Gasteiger partial charge < -0.3 is 5.32 Å². The lowest BCUT2D eigenvalue weighted by molar-refractivity contribution is 0.577. The molecule has 17 heavy (non-hydrogen) atoms. The fourth-order valence-corrected chi connectivity index (χ4v) is 1.67. The van der Waals surface area contributed by atoms with E-state index in [9.17, 15) is 8.78 Å². The third-order valence-electron chi connectivity index (χ3n) is 2.51. The van der Waals surface area contributed by atoms with Crippen LogP contribution in [-0.2, 0) is 7.05 Å². The Balaban J connectivity index is 2.19. The molecule has 0 aliphatic rings. The number of hydrogen-bond acceptors (Lipinski definition) is 2. The van der Waals surface area contributed by atoms with Crippen molar-refractivity contribution in [2.24, 2.45) is 7.05 Å². The summed E-state index contributed by atoms with van der Waals surface area (Å²) in [6.45, 7) is 1.77. The van der Waals surface area contributed by atoms with Gasteiger partial charge in [-0.2, -0.15) is 5.10 Å². The van der Waals surface area contributed by atoms with Gasteiger partial charge in [0.2, 0.25) is 0 Å². The van der Waals surface area contributed by atoms with Crippen LogP contribution < -0.4 is 5.32 Å². The number of aromatic nitrogens is 2. The first-order valence-corrected chi connectivity index (χ1v) is 5.26. The van der Waals surface area contributed by atoms with Crippen LogP contribution in [0.3, 0.4) is 0 Å². The van der Waals surface area contributed by atoms with Gasteiger partial charge >= 0.3 is 0 Å². The van der Waals surface area contributed by atoms with Crippen molar-refractivity contribution in [1.82, 2.24) is 9.78 Å². The van der Waals surface area contributed by atoms with Crippen LogP contribution in [0.1, 0.15) is 18.5 Å². The Bertz CT molecular complexity index is 522. The molecule has 90 valence electrons. The van der Waals surface area contributed by atoms with Crippen molar-refractivity contribution in [3.05, 3.63) is 47.8 Å². The number of halogens is 2. The number of nitrogens with one attached hydrogen (secondary N) is 1. The molecule has 1 unspecified atom stereocenters. The molecule has 3 nitrogen and oxygen atoms in total. The summed E-state index contributed by atoms with van der Waals surface area (Å²) in [5.74, 6) is -0.864. The maximum atomic E-state index is 13.5. The molecule has 1 aromatic heterocycles. The Labute approximate surface area is 98.1 Å². The zero-order valence-corrected chi connectivity index (χ0v) is 9.61. The minimum atomic E-state index is -0.443. The zero-order chi connectivity index (χ0) is 12.4. The lowest BCUT2D eigenvalue weighted by Gasteiger charge is -2.14. The predicted molar refractivity (Wildman–Crippen MR) is 61.6 cm³/mol. The van der Waals surface area contributed by atoms with Crippen molar-refractivity contribution in [1.29, 1.82) is 0 Å². The van der Waals surface area contributed by atoms with Gasteiger partial charge in [-0.25, -0.2) is 8.78 Å². The van der Waals surface area contributed by atoms with Crippen molar-refractivity contribution in [2.45, 2.75) is 13.0 Å². The first kappa shape index (κ1) is 11.6. The topological polar surface area (TPSA) is 29.9 Å². The Morgan fingerprint density at radius 1 is 1.35 bits per heavy atom. The highest BCUT2D eigenvalue weighted by Gasteiger charge is 2.12. The van der Waals surface area contributed by atoms with E-state index in [4.69, 9.17) is 0 Å². The second-order valence-corrected chi connectivity index (χ2v) is 3.93. The average Bonchev–Trinajstić information content (AvgIpc) is 2.67. The summed E-state index contributed by atoms with van der Waals surface area (Å²) < 4.78 is 28.2. The average molecular weight is 237 g/mol. The Morgan fingerprint density at radius 3 is 2.76 bits per heavy atom. The van der Waals surface area contributed by atoms with Gasteiger partial charge in [0.1, 0.15) is 11.6 Å². The van der Waals surface area contributed by atoms with E-state index in [1.807, 2.05) is 0 Å². The van der Waals surface area contributed by atoms with E-state index in [1.165, 1.54) is 6.07 Å². The van der Waals surface area contributed by atoms with E-state index in [-0.39, 0.29) is 6.04 Å². The molecule has 2 rings (SSSR count). The van der Waals surface area contributed by atoms with Crippen molar-refractivity contribution >= 4 is 5.69 Å². The first-order chi connectivity index (χ1) is 8.06. The molecule has 0 fully saturated rings. The van der Waals surface area contributed by atoms with Crippen molar-refractivity contribution < 1.29 is 8.78 Å². The number of benzene rings is 1. The van der Waals surface area contributed by atoms with Crippen LogP contribution in [0.4, 0.5) is 14.5 Å². The van der Waals surface area contributed by atoms with Crippen LogP contribution in [0.15, 0.2) is 30.6 Å². The second-order valence-electron chi connectivity index (χ2n) is 3.93. The summed E-state index contributed by atoms with van der Waals surface area (Å²) in [7, 11) is 1.79. The summed E-state index contributed by atoms with van der Waals surface area (Å²) in [5.41, 5.74) is 1.07. The van der Waals surface area contributed by atoms with E-state index in [0.717, 1.165) is 17.8 Å². The first-order valence-electron chi connectivity index (χ1n) is 5.26. The van der Waals surface area contributed by atoms with Gasteiger partial charge in [0.25, 0.3) is 0 Å². The minimum Gasteiger partial charge on any atom is -0.376 e. The molecule has 1 N–H and O–H groups in total. The van der Waals surface area contributed by atoms with Crippen LogP contribution in [0, 0.1) is 11.6 Å². The molecule has 1 atom stereocenters. The standard InChI is InChI=1S/C12H13F2N3/c1-8(16-10-6-15-17(2)7-10)11-5-9(13)3-4-12(11)14/h3-8,16H,1-2H3. The van der Waals surface area contributed by atoms with Gasteiger partial charge in [-0.15, -0.1) is 0 Å². The molecule has 5 heteroatoms. The normalized spacial score (nSPS) is 12.5. The van der Waals surface area contributed by atoms with Gasteiger partial charge in [0.15, 0.2) is 0 Å². The highest BCUT2D eigenvalue weighted by Crippen LogP contribution is 2.22. The lowest BCUT2D eigenvalue weighted by atomic mass is 10.1. The highest BCUT2D eigenvalue weighted by molar-refractivity contribution is 5.41. The Kier molecular flexibility index (Phi) is 3.08. The molecule has 1 heterocycles. The zero-order valence-electron chi connectivity index (χ0n) is 9.61. The van der Waals surface area contributed by atoms with Crippen LogP contribution in [0.2, 0.25) is 0 Å². The summed E-state index contributed by atoms with van der Waals surface area (Å²) in [4.78, 5) is 0. The maximum Gasteiger partial charge on any atom is 0.128 e. The van der Waals surface area contributed by atoms with Gasteiger partial charge in [-0.3, -0.25) is 4.68 Å². The molecule has 0 bridgehead atoms. The number of aryl methyl sites for hydroxylation is 1. The summed E-state index contributed by atoms with van der Waals surface area (Å²) in [6, 6.07) is 3.11. The number of anilines is 1. The highest BCUT2D eigenvalue weighted by atomic mass is 19.1. The van der Waals surface area contributed by atoms with E-state index < -0.39 is 11.6 Å². The summed E-state index contributed by atoms with van der Waals surface area (Å²) in [6.07, 6.45) is 3.40. The molecule has 0 amide bonds. The van der Waals surface area contributed by atoms with E-state index >= 15 is 0 Å². The smallest absolute Gasteiger partial charge is 0.128 e. The summed E-state index contributed by atoms with van der Waals surface area (Å²) in [5, 5.41) is 7.05. The van der Waals surface area contributed by atoms with Crippen molar-refractivity contribution in [2.75, 3.05) is 5.32 Å². The van der Waals surface area contributed by atoms with Gasteiger partial charge in [0.05, 0.1) is 17.9 Å². The molecule has 0 aliphatic heterocycles. The second kappa shape index (κ2) is 4.53. The van der Waals surface area contributed by atoms with Gasteiger partial charge in [0, 0.05) is 18.8 Å². The lowest BCUT2D eigenvalue weighted by Crippen LogP contribution is -2.08. The van der Waals surface area contributed by atoms with E-state index in [0.29, 0.717) is 5.56 Å². The largest absolute Gasteiger partial charge is 0.376 e. The Morgan fingerprint density at radius 2 is 2.12 bits per heavy atom. The van der Waals surface area contributed by atoms with E-state index in [2.05, 4.69) is 10.4 Å². The van der Waals surface area contributed by atoms with Gasteiger partial charge in [-0.1, -0.05) is 0 Å². The SMILES string of the molecule is CC(Nc1cnn(C)c1)c1cc(F)ccc1F. The van der Waals surface area contributed by atoms with Crippen LogP contribution in [0.25, 0.3) is 0 Å². The van der Waals surface area contributed by atoms with Crippen LogP contribution in [0.5, 0.6) is 0 Å². The maximum absolute atomic E-state index is 13.5. The van der Waals surface area contributed by atoms with Crippen LogP contribution >= 0.6 is 0 Å². The molecule has 1 aromatic carbocycles. The third kappa shape index (κ3) is 2.61. The fraction of sp³-hybridized carbons (Fsp3) is 0.250. The molecule has 0 spiro atoms. The number of nitrogens with zero attached hydrogens (tertiary/aromatic N) is 2. The predicted octanol–water partition coefficient (Wildman–Crippen LogP) is 2.87. The van der Waals surface area contributed by atoms with E-state index in [1.54, 1.807) is 31.0 Å². The molecular weight excluding hydrogens is 224 g/mol. The molecule has 0 aliphatic carbocycles. The van der Waals surface area contributed by atoms with Crippen LogP contribution in [-0.4, -0.2) is 9.78 Å². The Hall–Kier alpha value is -1.91. The molecule has 0 saturated heterocycles. The van der Waals surface area contributed by atoms with Crippen molar-refractivity contribution in [3.8, 4) is 0 Å². The van der Waals surface area contributed by atoms with Crippen molar-refractivity contribution in [3.63, 3.8) is 0 Å². The molecular formula is C12H13F2N3. The fourth-order valence-electron chi connectivity index (χ4n) is 1.67. The molecule has 0 radical (unpaired) electrons. The minimum absolute atomic E-state index is 0.300. The third-order valence-corrected chi connectivity index (χ3v) is 2.51.